The van der Waals surface area contributed by atoms with Crippen molar-refractivity contribution in [1.82, 2.24) is 5.32 Å². The minimum Gasteiger partial charge on any atom is -0.288 e. The van der Waals surface area contributed by atoms with Gasteiger partial charge in [-0.25, -0.2) is 0 Å². The first-order chi connectivity index (χ1) is 5.66. The highest BCUT2D eigenvalue weighted by atomic mass is 16.2. The van der Waals surface area contributed by atoms with Crippen LogP contribution >= 0.6 is 0 Å². The Bertz CT molecular complexity index is 287. The zero-order valence-electron chi connectivity index (χ0n) is 7.18. The van der Waals surface area contributed by atoms with E-state index in [1.807, 2.05) is 13.0 Å². The normalized spacial score (nSPS) is 17.8. The van der Waals surface area contributed by atoms with E-state index in [9.17, 15) is 9.59 Å². The standard InChI is InChI=1S/C9H11NO2/c1-3-4-5-7-6(2)8(11)10-9(7)12/h4-5H,3H2,1-2H3,(H,10,11,12)/b5-4-. The van der Waals surface area contributed by atoms with Gasteiger partial charge < -0.3 is 0 Å². The SMILES string of the molecule is CC/C=C\C1=C(C)C(=O)NC1=O. The molecule has 3 nitrogen and oxygen atoms in total. The van der Waals surface area contributed by atoms with Gasteiger partial charge in [-0.3, -0.25) is 14.9 Å². The van der Waals surface area contributed by atoms with Crippen molar-refractivity contribution in [2.75, 3.05) is 0 Å². The van der Waals surface area contributed by atoms with Gasteiger partial charge in [-0.1, -0.05) is 19.1 Å². The first-order valence-corrected chi connectivity index (χ1v) is 3.90. The maximum atomic E-state index is 11.1. The van der Waals surface area contributed by atoms with Crippen LogP contribution in [-0.4, -0.2) is 11.8 Å². The average Bonchev–Trinajstić information content (AvgIpc) is 2.25. The lowest BCUT2D eigenvalue weighted by atomic mass is 10.1. The lowest BCUT2D eigenvalue weighted by molar-refractivity contribution is -0.124. The van der Waals surface area contributed by atoms with E-state index < -0.39 is 0 Å². The van der Waals surface area contributed by atoms with Crippen molar-refractivity contribution in [3.63, 3.8) is 0 Å². The molecule has 0 unspecified atom stereocenters. The first kappa shape index (κ1) is 8.71. The molecule has 1 aliphatic heterocycles. The Morgan fingerprint density at radius 1 is 1.33 bits per heavy atom. The third-order valence-electron chi connectivity index (χ3n) is 1.74. The summed E-state index contributed by atoms with van der Waals surface area (Å²) in [5.74, 6) is -0.571. The van der Waals surface area contributed by atoms with Crippen LogP contribution in [0.2, 0.25) is 0 Å². The lowest BCUT2D eigenvalue weighted by Gasteiger charge is -1.88. The van der Waals surface area contributed by atoms with Crippen molar-refractivity contribution in [3.05, 3.63) is 23.3 Å². The summed E-state index contributed by atoms with van der Waals surface area (Å²) in [6, 6.07) is 0. The fourth-order valence-corrected chi connectivity index (χ4v) is 0.993. The Morgan fingerprint density at radius 2 is 2.00 bits per heavy atom. The molecule has 0 aliphatic carbocycles. The van der Waals surface area contributed by atoms with E-state index in [2.05, 4.69) is 5.32 Å². The number of hydrogen-bond acceptors (Lipinski definition) is 2. The van der Waals surface area contributed by atoms with Gasteiger partial charge in [-0.15, -0.1) is 0 Å². The molecule has 0 aromatic carbocycles. The maximum absolute atomic E-state index is 11.1. The highest BCUT2D eigenvalue weighted by Crippen LogP contribution is 2.12. The Balaban J connectivity index is 2.93. The molecule has 0 radical (unpaired) electrons. The van der Waals surface area contributed by atoms with Gasteiger partial charge in [0.1, 0.15) is 0 Å². The van der Waals surface area contributed by atoms with E-state index in [0.717, 1.165) is 6.42 Å². The van der Waals surface area contributed by atoms with Crippen LogP contribution in [0.25, 0.3) is 0 Å². The van der Waals surface area contributed by atoms with Crippen molar-refractivity contribution < 1.29 is 9.59 Å². The van der Waals surface area contributed by atoms with Crippen LogP contribution in [0.5, 0.6) is 0 Å². The van der Waals surface area contributed by atoms with Crippen LogP contribution in [0, 0.1) is 0 Å². The number of rotatable bonds is 2. The molecule has 64 valence electrons. The monoisotopic (exact) mass is 165 g/mol. The zero-order valence-corrected chi connectivity index (χ0v) is 7.18. The van der Waals surface area contributed by atoms with Crippen molar-refractivity contribution >= 4 is 11.8 Å². The molecule has 0 saturated carbocycles. The topological polar surface area (TPSA) is 46.2 Å². The fourth-order valence-electron chi connectivity index (χ4n) is 0.993. The van der Waals surface area contributed by atoms with Gasteiger partial charge >= 0.3 is 0 Å². The summed E-state index contributed by atoms with van der Waals surface area (Å²) in [4.78, 5) is 22.0. The van der Waals surface area contributed by atoms with E-state index in [-0.39, 0.29) is 11.8 Å². The van der Waals surface area contributed by atoms with Crippen molar-refractivity contribution in [2.45, 2.75) is 20.3 Å². The molecule has 1 N–H and O–H groups in total. The van der Waals surface area contributed by atoms with Crippen LogP contribution in [0.4, 0.5) is 0 Å². The van der Waals surface area contributed by atoms with Gasteiger partial charge in [0.15, 0.2) is 0 Å². The highest BCUT2D eigenvalue weighted by molar-refractivity contribution is 6.20. The summed E-state index contributed by atoms with van der Waals surface area (Å²) >= 11 is 0. The minimum absolute atomic E-state index is 0.282. The smallest absolute Gasteiger partial charge is 0.258 e. The highest BCUT2D eigenvalue weighted by Gasteiger charge is 2.24. The molecular formula is C9H11NO2. The van der Waals surface area contributed by atoms with E-state index in [0.29, 0.717) is 11.1 Å². The largest absolute Gasteiger partial charge is 0.288 e. The van der Waals surface area contributed by atoms with E-state index >= 15 is 0 Å². The van der Waals surface area contributed by atoms with Gasteiger partial charge in [0.2, 0.25) is 0 Å². The number of carbonyl (C=O) groups excluding carboxylic acids is 2. The van der Waals surface area contributed by atoms with Crippen molar-refractivity contribution in [3.8, 4) is 0 Å². The van der Waals surface area contributed by atoms with E-state index in [4.69, 9.17) is 0 Å². The molecule has 1 aliphatic rings. The molecule has 12 heavy (non-hydrogen) atoms. The number of imide groups is 1. The second kappa shape index (κ2) is 3.34. The molecule has 0 aromatic rings. The van der Waals surface area contributed by atoms with Gasteiger partial charge in [0.05, 0.1) is 0 Å². The number of nitrogens with one attached hydrogen (secondary N) is 1. The zero-order chi connectivity index (χ0) is 9.14. The second-order valence-electron chi connectivity index (χ2n) is 2.63. The Morgan fingerprint density at radius 3 is 2.42 bits per heavy atom. The predicted molar refractivity (Wildman–Crippen MR) is 45.3 cm³/mol. The quantitative estimate of drug-likeness (QED) is 0.618. The van der Waals surface area contributed by atoms with Crippen LogP contribution < -0.4 is 5.32 Å². The molecule has 0 atom stereocenters. The predicted octanol–water partition coefficient (Wildman–Crippen LogP) is 0.925. The van der Waals surface area contributed by atoms with E-state index in [1.54, 1.807) is 13.0 Å². The van der Waals surface area contributed by atoms with Crippen molar-refractivity contribution in [1.29, 1.82) is 0 Å². The molecule has 0 fully saturated rings. The van der Waals surface area contributed by atoms with Crippen LogP contribution in [-0.2, 0) is 9.59 Å². The molecule has 0 spiro atoms. The molecule has 1 rings (SSSR count). The summed E-state index contributed by atoms with van der Waals surface area (Å²) in [6.07, 6.45) is 4.41. The number of amides is 2. The summed E-state index contributed by atoms with van der Waals surface area (Å²) < 4.78 is 0. The molecule has 0 bridgehead atoms. The van der Waals surface area contributed by atoms with Crippen molar-refractivity contribution in [2.24, 2.45) is 0 Å². The third-order valence-corrected chi connectivity index (χ3v) is 1.74. The molecule has 3 heteroatoms. The Hall–Kier alpha value is -1.38. The number of hydrogen-bond donors (Lipinski definition) is 1. The van der Waals surface area contributed by atoms with Crippen LogP contribution in [0.1, 0.15) is 20.3 Å². The number of allylic oxidation sites excluding steroid dienone is 1. The van der Waals surface area contributed by atoms with Gasteiger partial charge in [-0.2, -0.15) is 0 Å². The minimum atomic E-state index is -0.290. The molecule has 1 heterocycles. The molecule has 0 saturated heterocycles. The number of carbonyl (C=O) groups is 2. The Kier molecular flexibility index (Phi) is 2.43. The van der Waals surface area contributed by atoms with Crippen LogP contribution in [0.3, 0.4) is 0 Å². The summed E-state index contributed by atoms with van der Waals surface area (Å²) in [6.45, 7) is 3.62. The Labute approximate surface area is 71.1 Å². The molecule has 2 amide bonds. The van der Waals surface area contributed by atoms with E-state index in [1.165, 1.54) is 0 Å². The first-order valence-electron chi connectivity index (χ1n) is 3.90. The summed E-state index contributed by atoms with van der Waals surface area (Å²) in [7, 11) is 0. The molecule has 0 aromatic heterocycles. The fraction of sp³-hybridized carbons (Fsp3) is 0.333. The molecular weight excluding hydrogens is 154 g/mol. The van der Waals surface area contributed by atoms with Gasteiger partial charge in [0, 0.05) is 11.1 Å². The van der Waals surface area contributed by atoms with Gasteiger partial charge in [0.25, 0.3) is 11.8 Å². The average molecular weight is 165 g/mol. The summed E-state index contributed by atoms with van der Waals surface area (Å²) in [5.41, 5.74) is 0.992. The maximum Gasteiger partial charge on any atom is 0.258 e. The summed E-state index contributed by atoms with van der Waals surface area (Å²) in [5, 5.41) is 2.22. The third kappa shape index (κ3) is 1.44. The lowest BCUT2D eigenvalue weighted by Crippen LogP contribution is -2.22. The second-order valence-corrected chi connectivity index (χ2v) is 2.63. The van der Waals surface area contributed by atoms with Crippen LogP contribution in [0.15, 0.2) is 23.3 Å². The van der Waals surface area contributed by atoms with Gasteiger partial charge in [-0.05, 0) is 13.3 Å².